The quantitative estimate of drug-likeness (QED) is 0.636. The van der Waals surface area contributed by atoms with Crippen molar-refractivity contribution in [2.24, 2.45) is 0 Å². The van der Waals surface area contributed by atoms with Crippen LogP contribution < -0.4 is 15.0 Å². The van der Waals surface area contributed by atoms with Gasteiger partial charge in [0.05, 0.1) is 5.56 Å². The van der Waals surface area contributed by atoms with Gasteiger partial charge < -0.3 is 15.0 Å². The molecular formula is C22H21ClN2O2. The van der Waals surface area contributed by atoms with Crippen LogP contribution in [0.15, 0.2) is 72.8 Å². The van der Waals surface area contributed by atoms with E-state index in [2.05, 4.69) is 5.32 Å². The smallest absolute Gasteiger partial charge is 0.259 e. The Morgan fingerprint density at radius 3 is 2.37 bits per heavy atom. The predicted molar refractivity (Wildman–Crippen MR) is 111 cm³/mol. The molecule has 0 aliphatic carbocycles. The number of carbonyl (C=O) groups is 1. The normalized spacial score (nSPS) is 10.3. The van der Waals surface area contributed by atoms with Crippen LogP contribution in [-0.2, 0) is 6.61 Å². The molecule has 3 aromatic carbocycles. The van der Waals surface area contributed by atoms with E-state index in [1.807, 2.05) is 73.6 Å². The second kappa shape index (κ2) is 8.60. The molecule has 0 fully saturated rings. The first kappa shape index (κ1) is 18.8. The summed E-state index contributed by atoms with van der Waals surface area (Å²) in [6, 6.07) is 22.5. The molecule has 1 amide bonds. The molecule has 0 spiro atoms. The van der Waals surface area contributed by atoms with Crippen LogP contribution >= 0.6 is 11.6 Å². The molecule has 1 N–H and O–H groups in total. The monoisotopic (exact) mass is 380 g/mol. The Hall–Kier alpha value is -2.98. The number of hydrogen-bond acceptors (Lipinski definition) is 3. The maximum absolute atomic E-state index is 12.8. The highest BCUT2D eigenvalue weighted by atomic mass is 35.5. The molecule has 0 bridgehead atoms. The second-order valence-electron chi connectivity index (χ2n) is 6.31. The van der Waals surface area contributed by atoms with Crippen molar-refractivity contribution >= 4 is 28.9 Å². The van der Waals surface area contributed by atoms with Gasteiger partial charge in [-0.05, 0) is 48.0 Å². The molecule has 0 unspecified atom stereocenters. The number of nitrogens with zero attached hydrogens (tertiary/aromatic N) is 1. The highest BCUT2D eigenvalue weighted by Gasteiger charge is 2.14. The highest BCUT2D eigenvalue weighted by Crippen LogP contribution is 2.25. The van der Waals surface area contributed by atoms with Gasteiger partial charge in [-0.2, -0.15) is 0 Å². The van der Waals surface area contributed by atoms with E-state index in [9.17, 15) is 4.79 Å². The molecular weight excluding hydrogens is 360 g/mol. The fraction of sp³-hybridized carbons (Fsp3) is 0.136. The maximum atomic E-state index is 12.8. The van der Waals surface area contributed by atoms with Gasteiger partial charge in [0.2, 0.25) is 0 Å². The van der Waals surface area contributed by atoms with Crippen LogP contribution in [0.25, 0.3) is 0 Å². The molecule has 0 saturated carbocycles. The van der Waals surface area contributed by atoms with Crippen LogP contribution in [0, 0.1) is 0 Å². The molecule has 5 heteroatoms. The number of halogens is 1. The van der Waals surface area contributed by atoms with Crippen molar-refractivity contribution in [2.45, 2.75) is 6.61 Å². The molecule has 138 valence electrons. The summed E-state index contributed by atoms with van der Waals surface area (Å²) in [6.07, 6.45) is 0. The largest absolute Gasteiger partial charge is 0.488 e. The summed E-state index contributed by atoms with van der Waals surface area (Å²) in [5.41, 5.74) is 3.19. The van der Waals surface area contributed by atoms with Crippen molar-refractivity contribution in [3.63, 3.8) is 0 Å². The van der Waals surface area contributed by atoms with Gasteiger partial charge in [0, 0.05) is 30.5 Å². The average Bonchev–Trinajstić information content (AvgIpc) is 2.68. The Morgan fingerprint density at radius 2 is 1.70 bits per heavy atom. The number of carbonyl (C=O) groups excluding carboxylic acids is 1. The summed E-state index contributed by atoms with van der Waals surface area (Å²) in [6.45, 7) is 0.375. The molecule has 0 atom stereocenters. The SMILES string of the molecule is CN(C)c1ccc(NC(=O)c2cc(Cl)ccc2OCc2ccccc2)cc1. The Bertz CT molecular complexity index is 909. The summed E-state index contributed by atoms with van der Waals surface area (Å²) in [5.74, 6) is 0.226. The molecule has 4 nitrogen and oxygen atoms in total. The minimum Gasteiger partial charge on any atom is -0.488 e. The zero-order chi connectivity index (χ0) is 19.2. The first-order valence-electron chi connectivity index (χ1n) is 8.58. The molecule has 0 radical (unpaired) electrons. The minimum atomic E-state index is -0.266. The number of rotatable bonds is 6. The van der Waals surface area contributed by atoms with Gasteiger partial charge in [0.25, 0.3) is 5.91 Å². The molecule has 0 aliphatic rings. The molecule has 3 aromatic rings. The Kier molecular flexibility index (Phi) is 5.99. The highest BCUT2D eigenvalue weighted by molar-refractivity contribution is 6.31. The number of amides is 1. The van der Waals surface area contributed by atoms with Gasteiger partial charge in [-0.25, -0.2) is 0 Å². The van der Waals surface area contributed by atoms with E-state index >= 15 is 0 Å². The summed E-state index contributed by atoms with van der Waals surface area (Å²) in [7, 11) is 3.94. The van der Waals surface area contributed by atoms with Crippen LogP contribution in [0.1, 0.15) is 15.9 Å². The Morgan fingerprint density at radius 1 is 1.00 bits per heavy atom. The van der Waals surface area contributed by atoms with E-state index in [1.165, 1.54) is 0 Å². The van der Waals surface area contributed by atoms with E-state index in [0.29, 0.717) is 28.6 Å². The van der Waals surface area contributed by atoms with Crippen LogP contribution in [0.3, 0.4) is 0 Å². The maximum Gasteiger partial charge on any atom is 0.259 e. The first-order chi connectivity index (χ1) is 13.0. The van der Waals surface area contributed by atoms with Crippen molar-refractivity contribution in [1.29, 1.82) is 0 Å². The molecule has 0 saturated heterocycles. The summed E-state index contributed by atoms with van der Waals surface area (Å²) < 4.78 is 5.86. The van der Waals surface area contributed by atoms with Gasteiger partial charge in [-0.3, -0.25) is 4.79 Å². The van der Waals surface area contributed by atoms with Gasteiger partial charge in [-0.15, -0.1) is 0 Å². The van der Waals surface area contributed by atoms with E-state index in [4.69, 9.17) is 16.3 Å². The van der Waals surface area contributed by atoms with Crippen LogP contribution in [-0.4, -0.2) is 20.0 Å². The van der Waals surface area contributed by atoms with Crippen molar-refractivity contribution < 1.29 is 9.53 Å². The van der Waals surface area contributed by atoms with Crippen molar-refractivity contribution in [3.8, 4) is 5.75 Å². The van der Waals surface area contributed by atoms with Gasteiger partial charge in [0.1, 0.15) is 12.4 Å². The summed E-state index contributed by atoms with van der Waals surface area (Å²) in [5, 5.41) is 3.38. The fourth-order valence-corrected chi connectivity index (χ4v) is 2.75. The van der Waals surface area contributed by atoms with E-state index in [1.54, 1.807) is 18.2 Å². The second-order valence-corrected chi connectivity index (χ2v) is 6.75. The molecule has 0 aliphatic heterocycles. The van der Waals surface area contributed by atoms with Crippen LogP contribution in [0.2, 0.25) is 5.02 Å². The molecule has 27 heavy (non-hydrogen) atoms. The number of nitrogens with one attached hydrogen (secondary N) is 1. The lowest BCUT2D eigenvalue weighted by Gasteiger charge is -2.14. The van der Waals surface area contributed by atoms with Crippen LogP contribution in [0.5, 0.6) is 5.75 Å². The van der Waals surface area contributed by atoms with E-state index in [0.717, 1.165) is 11.3 Å². The lowest BCUT2D eigenvalue weighted by atomic mass is 10.1. The third-order valence-electron chi connectivity index (χ3n) is 4.06. The number of benzene rings is 3. The third-order valence-corrected chi connectivity index (χ3v) is 4.30. The number of anilines is 2. The van der Waals surface area contributed by atoms with E-state index < -0.39 is 0 Å². The summed E-state index contributed by atoms with van der Waals surface area (Å²) >= 11 is 6.10. The topological polar surface area (TPSA) is 41.6 Å². The van der Waals surface area contributed by atoms with Gasteiger partial charge >= 0.3 is 0 Å². The predicted octanol–water partition coefficient (Wildman–Crippen LogP) is 5.24. The Labute approximate surface area is 164 Å². The molecule has 3 rings (SSSR count). The van der Waals surface area contributed by atoms with Crippen molar-refractivity contribution in [2.75, 3.05) is 24.3 Å². The lowest BCUT2D eigenvalue weighted by molar-refractivity contribution is 0.102. The van der Waals surface area contributed by atoms with Crippen LogP contribution in [0.4, 0.5) is 11.4 Å². The molecule has 0 aromatic heterocycles. The third kappa shape index (κ3) is 5.02. The first-order valence-corrected chi connectivity index (χ1v) is 8.96. The standard InChI is InChI=1S/C22H21ClN2O2/c1-25(2)19-11-9-18(10-12-19)24-22(26)20-14-17(23)8-13-21(20)27-15-16-6-4-3-5-7-16/h3-14H,15H2,1-2H3,(H,24,26). The fourth-order valence-electron chi connectivity index (χ4n) is 2.58. The van der Waals surface area contributed by atoms with E-state index in [-0.39, 0.29) is 5.91 Å². The minimum absolute atomic E-state index is 0.266. The van der Waals surface area contributed by atoms with Crippen molar-refractivity contribution in [3.05, 3.63) is 88.9 Å². The number of hydrogen-bond donors (Lipinski definition) is 1. The Balaban J connectivity index is 1.76. The molecule has 0 heterocycles. The lowest BCUT2D eigenvalue weighted by Crippen LogP contribution is -2.14. The zero-order valence-corrected chi connectivity index (χ0v) is 16.0. The number of ether oxygens (including phenoxy) is 1. The average molecular weight is 381 g/mol. The van der Waals surface area contributed by atoms with Gasteiger partial charge in [0.15, 0.2) is 0 Å². The summed E-state index contributed by atoms with van der Waals surface area (Å²) in [4.78, 5) is 14.8. The van der Waals surface area contributed by atoms with Gasteiger partial charge in [-0.1, -0.05) is 41.9 Å². The zero-order valence-electron chi connectivity index (χ0n) is 15.3. The van der Waals surface area contributed by atoms with Crippen molar-refractivity contribution in [1.82, 2.24) is 0 Å².